The lowest BCUT2D eigenvalue weighted by atomic mass is 10.2. The second kappa shape index (κ2) is 10.2. The van der Waals surface area contributed by atoms with Crippen molar-refractivity contribution in [3.05, 3.63) is 58.3 Å². The monoisotopic (exact) mass is 494 g/mol. The van der Waals surface area contributed by atoms with E-state index in [0.29, 0.717) is 33.3 Å². The quantitative estimate of drug-likeness (QED) is 0.427. The Balaban J connectivity index is 1.56. The molecule has 32 heavy (non-hydrogen) atoms. The third kappa shape index (κ3) is 5.26. The third-order valence-corrected chi connectivity index (χ3v) is 6.80. The van der Waals surface area contributed by atoms with E-state index in [9.17, 15) is 9.18 Å². The van der Waals surface area contributed by atoms with Gasteiger partial charge in [-0.3, -0.25) is 9.36 Å². The molecule has 2 atom stereocenters. The maximum Gasteiger partial charge on any atom is 0.237 e. The summed E-state index contributed by atoms with van der Waals surface area (Å²) in [6.45, 7) is 3.04. The number of aromatic nitrogens is 3. The van der Waals surface area contributed by atoms with Crippen molar-refractivity contribution in [3.63, 3.8) is 0 Å². The number of hydrogen-bond donors (Lipinski definition) is 1. The Labute approximate surface area is 199 Å². The number of benzene rings is 2. The summed E-state index contributed by atoms with van der Waals surface area (Å²) in [5.74, 6) is 0.0156. The molecule has 0 saturated carbocycles. The molecule has 1 aliphatic heterocycles. The number of carbonyl (C=O) groups is 1. The fraction of sp³-hybridized carbons (Fsp3) is 0.318. The highest BCUT2D eigenvalue weighted by atomic mass is 35.5. The first-order chi connectivity index (χ1) is 15.4. The highest BCUT2D eigenvalue weighted by Crippen LogP contribution is 2.32. The van der Waals surface area contributed by atoms with Crippen molar-refractivity contribution in [2.45, 2.75) is 42.8 Å². The van der Waals surface area contributed by atoms with Gasteiger partial charge in [0, 0.05) is 12.2 Å². The number of nitrogens with zero attached hydrogens (tertiary/aromatic N) is 3. The second-order valence-electron chi connectivity index (χ2n) is 7.40. The molecule has 4 rings (SSSR count). The summed E-state index contributed by atoms with van der Waals surface area (Å²) in [5, 5.41) is 12.2. The van der Waals surface area contributed by atoms with Crippen molar-refractivity contribution < 1.29 is 13.9 Å². The van der Waals surface area contributed by atoms with Gasteiger partial charge in [-0.1, -0.05) is 41.0 Å². The molecule has 2 unspecified atom stereocenters. The van der Waals surface area contributed by atoms with Crippen LogP contribution in [0.1, 0.15) is 19.8 Å². The van der Waals surface area contributed by atoms with Gasteiger partial charge in [0.1, 0.15) is 5.82 Å². The topological polar surface area (TPSA) is 69.0 Å². The zero-order valence-corrected chi connectivity index (χ0v) is 19.6. The smallest absolute Gasteiger partial charge is 0.237 e. The molecule has 0 aliphatic carbocycles. The van der Waals surface area contributed by atoms with Gasteiger partial charge in [0.05, 0.1) is 33.6 Å². The van der Waals surface area contributed by atoms with E-state index in [1.165, 1.54) is 23.9 Å². The molecule has 1 aromatic heterocycles. The molecular weight excluding hydrogens is 474 g/mol. The molecule has 1 N–H and O–H groups in total. The lowest BCUT2D eigenvalue weighted by Gasteiger charge is -2.17. The van der Waals surface area contributed by atoms with E-state index >= 15 is 0 Å². The average Bonchev–Trinajstić information content (AvgIpc) is 3.42. The SMILES string of the molecule is CC(Sc1nnc(-c2ccc(F)cc2)n1CC1CCCO1)C(=O)Nc1c(Cl)cccc1Cl. The summed E-state index contributed by atoms with van der Waals surface area (Å²) in [6.07, 6.45) is 1.97. The Kier molecular flexibility index (Phi) is 7.35. The number of ether oxygens (including phenoxy) is 1. The van der Waals surface area contributed by atoms with E-state index in [-0.39, 0.29) is 17.8 Å². The minimum absolute atomic E-state index is 0.0376. The first-order valence-corrected chi connectivity index (χ1v) is 11.8. The average molecular weight is 495 g/mol. The van der Waals surface area contributed by atoms with Crippen LogP contribution in [-0.2, 0) is 16.1 Å². The fourth-order valence-corrected chi connectivity index (χ4v) is 4.75. The Bertz CT molecular complexity index is 1080. The lowest BCUT2D eigenvalue weighted by molar-refractivity contribution is -0.115. The molecule has 1 fully saturated rings. The van der Waals surface area contributed by atoms with Gasteiger partial charge in [-0.2, -0.15) is 0 Å². The number of carbonyl (C=O) groups excluding carboxylic acids is 1. The minimum atomic E-state index is -0.504. The predicted molar refractivity (Wildman–Crippen MR) is 125 cm³/mol. The van der Waals surface area contributed by atoms with Crippen LogP contribution in [0.25, 0.3) is 11.4 Å². The fourth-order valence-electron chi connectivity index (χ4n) is 3.40. The van der Waals surface area contributed by atoms with Crippen molar-refractivity contribution in [3.8, 4) is 11.4 Å². The molecule has 0 radical (unpaired) electrons. The van der Waals surface area contributed by atoms with Crippen molar-refractivity contribution >= 4 is 46.6 Å². The van der Waals surface area contributed by atoms with Crippen LogP contribution in [0, 0.1) is 5.82 Å². The van der Waals surface area contributed by atoms with Crippen LogP contribution < -0.4 is 5.32 Å². The number of rotatable bonds is 7. The molecule has 1 aliphatic rings. The van der Waals surface area contributed by atoms with Gasteiger partial charge in [-0.05, 0) is 56.2 Å². The van der Waals surface area contributed by atoms with E-state index < -0.39 is 5.25 Å². The molecule has 0 spiro atoms. The maximum atomic E-state index is 13.4. The first kappa shape index (κ1) is 23.0. The number of amides is 1. The van der Waals surface area contributed by atoms with Crippen LogP contribution >= 0.6 is 35.0 Å². The minimum Gasteiger partial charge on any atom is -0.376 e. The van der Waals surface area contributed by atoms with Gasteiger partial charge in [0.2, 0.25) is 5.91 Å². The first-order valence-electron chi connectivity index (χ1n) is 10.1. The number of thioether (sulfide) groups is 1. The molecule has 10 heteroatoms. The Morgan fingerprint density at radius 1 is 1.25 bits per heavy atom. The van der Waals surface area contributed by atoms with Crippen molar-refractivity contribution in [2.24, 2.45) is 0 Å². The molecule has 1 amide bonds. The number of nitrogens with one attached hydrogen (secondary N) is 1. The molecule has 1 saturated heterocycles. The molecule has 0 bridgehead atoms. The van der Waals surface area contributed by atoms with Crippen LogP contribution in [0.4, 0.5) is 10.1 Å². The zero-order chi connectivity index (χ0) is 22.7. The van der Waals surface area contributed by atoms with Crippen molar-refractivity contribution in [2.75, 3.05) is 11.9 Å². The molecule has 6 nitrogen and oxygen atoms in total. The normalized spacial score (nSPS) is 16.8. The largest absolute Gasteiger partial charge is 0.376 e. The summed E-state index contributed by atoms with van der Waals surface area (Å²) < 4.78 is 21.1. The molecule has 168 valence electrons. The van der Waals surface area contributed by atoms with Crippen LogP contribution in [0.15, 0.2) is 47.6 Å². The second-order valence-corrected chi connectivity index (χ2v) is 9.53. The van der Waals surface area contributed by atoms with E-state index in [2.05, 4.69) is 15.5 Å². The predicted octanol–water partition coefficient (Wildman–Crippen LogP) is 5.69. The number of anilines is 1. The van der Waals surface area contributed by atoms with E-state index in [4.69, 9.17) is 27.9 Å². The highest BCUT2D eigenvalue weighted by Gasteiger charge is 2.25. The zero-order valence-electron chi connectivity index (χ0n) is 17.2. The van der Waals surface area contributed by atoms with Gasteiger partial charge < -0.3 is 10.1 Å². The van der Waals surface area contributed by atoms with E-state index in [1.807, 2.05) is 4.57 Å². The van der Waals surface area contributed by atoms with Gasteiger partial charge in [0.15, 0.2) is 11.0 Å². The van der Waals surface area contributed by atoms with Crippen molar-refractivity contribution in [1.82, 2.24) is 14.8 Å². The summed E-state index contributed by atoms with van der Waals surface area (Å²) in [7, 11) is 0. The summed E-state index contributed by atoms with van der Waals surface area (Å²) in [4.78, 5) is 12.8. The summed E-state index contributed by atoms with van der Waals surface area (Å²) >= 11 is 13.6. The van der Waals surface area contributed by atoms with E-state index in [1.54, 1.807) is 37.3 Å². The number of para-hydroxylation sites is 1. The van der Waals surface area contributed by atoms with Crippen LogP contribution in [0.2, 0.25) is 10.0 Å². The lowest BCUT2D eigenvalue weighted by Crippen LogP contribution is -2.24. The van der Waals surface area contributed by atoms with Crippen molar-refractivity contribution in [1.29, 1.82) is 0 Å². The number of hydrogen-bond acceptors (Lipinski definition) is 5. The summed E-state index contributed by atoms with van der Waals surface area (Å²) in [5.41, 5.74) is 1.12. The summed E-state index contributed by atoms with van der Waals surface area (Å²) in [6, 6.07) is 11.1. The Hall–Kier alpha value is -2.13. The van der Waals surface area contributed by atoms with Gasteiger partial charge in [-0.25, -0.2) is 4.39 Å². The van der Waals surface area contributed by atoms with Crippen LogP contribution in [0.3, 0.4) is 0 Å². The van der Waals surface area contributed by atoms with Crippen LogP contribution in [0.5, 0.6) is 0 Å². The van der Waals surface area contributed by atoms with Crippen LogP contribution in [-0.4, -0.2) is 38.6 Å². The van der Waals surface area contributed by atoms with Gasteiger partial charge >= 0.3 is 0 Å². The van der Waals surface area contributed by atoms with Gasteiger partial charge in [0.25, 0.3) is 0 Å². The van der Waals surface area contributed by atoms with Gasteiger partial charge in [-0.15, -0.1) is 10.2 Å². The molecular formula is C22H21Cl2FN4O2S. The third-order valence-electron chi connectivity index (χ3n) is 5.09. The maximum absolute atomic E-state index is 13.4. The molecule has 2 aromatic carbocycles. The Morgan fingerprint density at radius 2 is 1.97 bits per heavy atom. The number of halogens is 3. The Morgan fingerprint density at radius 3 is 2.62 bits per heavy atom. The molecule has 2 heterocycles. The highest BCUT2D eigenvalue weighted by molar-refractivity contribution is 8.00. The molecule has 3 aromatic rings. The standard InChI is InChI=1S/C22H21Cl2FN4O2S/c1-13(21(30)26-19-17(23)5-2-6-18(19)24)32-22-28-27-20(14-7-9-15(25)10-8-14)29(22)12-16-4-3-11-31-16/h2,5-10,13,16H,3-4,11-12H2,1H3,(H,26,30). The van der Waals surface area contributed by atoms with E-state index in [0.717, 1.165) is 25.0 Å².